The van der Waals surface area contributed by atoms with E-state index in [1.165, 1.54) is 36.0 Å². The first-order valence-electron chi connectivity index (χ1n) is 7.41. The first kappa shape index (κ1) is 18.0. The Bertz CT molecular complexity index is 657. The van der Waals surface area contributed by atoms with Crippen LogP contribution in [0.25, 0.3) is 0 Å². The molecule has 0 aliphatic carbocycles. The van der Waals surface area contributed by atoms with Crippen LogP contribution in [0.1, 0.15) is 30.1 Å². The van der Waals surface area contributed by atoms with Gasteiger partial charge in [0.25, 0.3) is 0 Å². The van der Waals surface area contributed by atoms with Crippen LogP contribution in [0.2, 0.25) is 0 Å². The van der Waals surface area contributed by atoms with Crippen molar-refractivity contribution < 1.29 is 29.0 Å². The lowest BCUT2D eigenvalue weighted by Gasteiger charge is -2.15. The van der Waals surface area contributed by atoms with Crippen molar-refractivity contribution in [2.24, 2.45) is 0 Å². The first-order chi connectivity index (χ1) is 11.4. The molecule has 1 heterocycles. The molecule has 24 heavy (non-hydrogen) atoms. The number of carbonyl (C=O) groups is 4. The van der Waals surface area contributed by atoms with Gasteiger partial charge < -0.3 is 9.84 Å². The van der Waals surface area contributed by atoms with E-state index in [9.17, 15) is 19.2 Å². The number of imide groups is 1. The summed E-state index contributed by atoms with van der Waals surface area (Å²) in [5, 5.41) is 8.06. The Balaban J connectivity index is 2.05. The molecule has 1 aromatic rings. The number of nitrogens with zero attached hydrogens (tertiary/aromatic N) is 1. The predicted octanol–water partition coefficient (Wildman–Crippen LogP) is 1.70. The predicted molar refractivity (Wildman–Crippen MR) is 88.0 cm³/mol. The lowest BCUT2D eigenvalue weighted by molar-refractivity contribution is -0.136. The number of hydrogen-bond donors (Lipinski definition) is 1. The molecule has 8 heteroatoms. The van der Waals surface area contributed by atoms with E-state index < -0.39 is 17.2 Å². The van der Waals surface area contributed by atoms with Crippen LogP contribution in [-0.4, -0.2) is 46.5 Å². The fourth-order valence-electron chi connectivity index (χ4n) is 2.26. The van der Waals surface area contributed by atoms with Crippen molar-refractivity contribution >= 4 is 41.2 Å². The molecule has 1 aromatic carbocycles. The molecular formula is C16H17NO6S. The number of aliphatic carboxylic acids is 1. The Kier molecular flexibility index (Phi) is 5.97. The maximum absolute atomic E-state index is 12.4. The van der Waals surface area contributed by atoms with Gasteiger partial charge in [0, 0.05) is 12.2 Å². The minimum Gasteiger partial charge on any atom is -0.481 e. The van der Waals surface area contributed by atoms with Crippen LogP contribution in [0.15, 0.2) is 24.3 Å². The van der Waals surface area contributed by atoms with Crippen LogP contribution in [-0.2, 0) is 19.1 Å². The second-order valence-corrected chi connectivity index (χ2v) is 6.35. The molecule has 1 fully saturated rings. The highest BCUT2D eigenvalue weighted by Gasteiger charge is 2.39. The Hall–Kier alpha value is -2.35. The molecule has 0 saturated carbocycles. The smallest absolute Gasteiger partial charge is 0.338 e. The van der Waals surface area contributed by atoms with Crippen LogP contribution in [0.3, 0.4) is 0 Å². The third-order valence-corrected chi connectivity index (χ3v) is 4.59. The van der Waals surface area contributed by atoms with E-state index in [-0.39, 0.29) is 37.0 Å². The number of carboxylic acid groups (broad SMARTS) is 1. The Morgan fingerprint density at radius 3 is 2.54 bits per heavy atom. The fraction of sp³-hybridized carbons (Fsp3) is 0.375. The monoisotopic (exact) mass is 351 g/mol. The Morgan fingerprint density at radius 2 is 1.96 bits per heavy atom. The summed E-state index contributed by atoms with van der Waals surface area (Å²) in [5.74, 6) is -1.83. The van der Waals surface area contributed by atoms with E-state index in [1.54, 1.807) is 6.92 Å². The van der Waals surface area contributed by atoms with Gasteiger partial charge in [0.15, 0.2) is 0 Å². The van der Waals surface area contributed by atoms with Crippen LogP contribution < -0.4 is 4.90 Å². The van der Waals surface area contributed by atoms with Gasteiger partial charge >= 0.3 is 11.9 Å². The summed E-state index contributed by atoms with van der Waals surface area (Å²) in [6, 6.07) is 6.04. The minimum atomic E-state index is -0.939. The SMILES string of the molecule is CCOC(=O)c1ccc(N2C(=O)CC(SCCC(=O)O)C2=O)cc1. The highest BCUT2D eigenvalue weighted by Crippen LogP contribution is 2.30. The molecule has 1 saturated heterocycles. The quantitative estimate of drug-likeness (QED) is 0.589. The molecule has 0 aromatic heterocycles. The van der Waals surface area contributed by atoms with Gasteiger partial charge in [-0.1, -0.05) is 0 Å². The average molecular weight is 351 g/mol. The van der Waals surface area contributed by atoms with Crippen molar-refractivity contribution in [1.29, 1.82) is 0 Å². The number of carboxylic acids is 1. The summed E-state index contributed by atoms with van der Waals surface area (Å²) in [6.07, 6.45) is -0.0143. The largest absolute Gasteiger partial charge is 0.481 e. The molecule has 1 aliphatic heterocycles. The third-order valence-electron chi connectivity index (χ3n) is 3.38. The van der Waals surface area contributed by atoms with Crippen molar-refractivity contribution in [3.05, 3.63) is 29.8 Å². The summed E-state index contributed by atoms with van der Waals surface area (Å²) in [4.78, 5) is 47.7. The van der Waals surface area contributed by atoms with E-state index in [4.69, 9.17) is 9.84 Å². The van der Waals surface area contributed by atoms with Crippen molar-refractivity contribution in [1.82, 2.24) is 0 Å². The van der Waals surface area contributed by atoms with Gasteiger partial charge in [-0.15, -0.1) is 11.8 Å². The van der Waals surface area contributed by atoms with E-state index in [1.807, 2.05) is 0 Å². The summed E-state index contributed by atoms with van der Waals surface area (Å²) < 4.78 is 4.88. The van der Waals surface area contributed by atoms with E-state index in [0.717, 1.165) is 4.90 Å². The first-order valence-corrected chi connectivity index (χ1v) is 8.46. The standard InChI is InChI=1S/C16H17NO6S/c1-2-23-16(22)10-3-5-11(6-4-10)17-13(18)9-12(15(17)21)24-8-7-14(19)20/h3-6,12H,2,7-9H2,1H3,(H,19,20). The summed E-state index contributed by atoms with van der Waals surface area (Å²) in [5.41, 5.74) is 0.728. The number of thioether (sulfide) groups is 1. The fourth-order valence-corrected chi connectivity index (χ4v) is 3.34. The van der Waals surface area contributed by atoms with Gasteiger partial charge in [-0.05, 0) is 31.2 Å². The molecule has 0 bridgehead atoms. The van der Waals surface area contributed by atoms with Crippen LogP contribution >= 0.6 is 11.8 Å². The number of benzene rings is 1. The number of anilines is 1. The average Bonchev–Trinajstić information content (AvgIpc) is 2.82. The van der Waals surface area contributed by atoms with Gasteiger partial charge in [0.05, 0.1) is 29.5 Å². The molecule has 0 spiro atoms. The Labute approximate surface area is 143 Å². The maximum atomic E-state index is 12.4. The molecule has 2 amide bonds. The van der Waals surface area contributed by atoms with Gasteiger partial charge in [0.1, 0.15) is 0 Å². The van der Waals surface area contributed by atoms with Crippen molar-refractivity contribution in [2.75, 3.05) is 17.3 Å². The van der Waals surface area contributed by atoms with Gasteiger partial charge in [-0.25, -0.2) is 9.69 Å². The molecule has 1 atom stereocenters. The van der Waals surface area contributed by atoms with Crippen LogP contribution in [0, 0.1) is 0 Å². The molecule has 0 radical (unpaired) electrons. The number of carbonyl (C=O) groups excluding carboxylic acids is 3. The summed E-state index contributed by atoms with van der Waals surface area (Å²) in [6.45, 7) is 1.97. The van der Waals surface area contributed by atoms with Crippen molar-refractivity contribution in [3.8, 4) is 0 Å². The molecule has 1 N–H and O–H groups in total. The zero-order valence-corrected chi connectivity index (χ0v) is 13.9. The lowest BCUT2D eigenvalue weighted by atomic mass is 10.2. The second-order valence-electron chi connectivity index (χ2n) is 5.04. The number of esters is 1. The third kappa shape index (κ3) is 4.14. The molecular weight excluding hydrogens is 334 g/mol. The van der Waals surface area contributed by atoms with E-state index >= 15 is 0 Å². The maximum Gasteiger partial charge on any atom is 0.338 e. The summed E-state index contributed by atoms with van der Waals surface area (Å²) >= 11 is 1.17. The lowest BCUT2D eigenvalue weighted by Crippen LogP contribution is -2.31. The zero-order valence-electron chi connectivity index (χ0n) is 13.1. The van der Waals surface area contributed by atoms with E-state index in [0.29, 0.717) is 11.3 Å². The minimum absolute atomic E-state index is 0.0444. The van der Waals surface area contributed by atoms with Gasteiger partial charge in [-0.3, -0.25) is 14.4 Å². The number of hydrogen-bond acceptors (Lipinski definition) is 6. The molecule has 2 rings (SSSR count). The Morgan fingerprint density at radius 1 is 1.29 bits per heavy atom. The van der Waals surface area contributed by atoms with Crippen LogP contribution in [0.5, 0.6) is 0 Å². The highest BCUT2D eigenvalue weighted by molar-refractivity contribution is 8.00. The number of ether oxygens (including phenoxy) is 1. The number of rotatable bonds is 7. The van der Waals surface area contributed by atoms with Crippen molar-refractivity contribution in [2.45, 2.75) is 25.0 Å². The van der Waals surface area contributed by atoms with Crippen molar-refractivity contribution in [3.63, 3.8) is 0 Å². The highest BCUT2D eigenvalue weighted by atomic mass is 32.2. The zero-order chi connectivity index (χ0) is 17.7. The summed E-state index contributed by atoms with van der Waals surface area (Å²) in [7, 11) is 0. The number of amides is 2. The van der Waals surface area contributed by atoms with Gasteiger partial charge in [0.2, 0.25) is 11.8 Å². The van der Waals surface area contributed by atoms with Gasteiger partial charge in [-0.2, -0.15) is 0 Å². The van der Waals surface area contributed by atoms with Crippen LogP contribution in [0.4, 0.5) is 5.69 Å². The molecule has 1 unspecified atom stereocenters. The van der Waals surface area contributed by atoms with E-state index in [2.05, 4.69) is 0 Å². The second kappa shape index (κ2) is 7.96. The normalized spacial score (nSPS) is 17.2. The molecule has 128 valence electrons. The molecule has 7 nitrogen and oxygen atoms in total. The topological polar surface area (TPSA) is 101 Å². The molecule has 1 aliphatic rings.